The number of aryl methyl sites for hydroxylation is 1. The summed E-state index contributed by atoms with van der Waals surface area (Å²) in [5.41, 5.74) is 1.00. The van der Waals surface area contributed by atoms with Gasteiger partial charge in [0.25, 0.3) is 0 Å². The summed E-state index contributed by atoms with van der Waals surface area (Å²) in [7, 11) is -2.11. The first-order valence-electron chi connectivity index (χ1n) is 7.56. The normalized spacial score (nSPS) is 12.2. The summed E-state index contributed by atoms with van der Waals surface area (Å²) < 4.78 is 45.9. The maximum atomic E-state index is 13.1. The lowest BCUT2D eigenvalue weighted by atomic mass is 9.85. The highest BCUT2D eigenvalue weighted by molar-refractivity contribution is 7.89. The lowest BCUT2D eigenvalue weighted by molar-refractivity contribution is 0.414. The van der Waals surface area contributed by atoms with E-state index in [0.29, 0.717) is 11.3 Å². The van der Waals surface area contributed by atoms with Crippen LogP contribution < -0.4 is 9.46 Å². The number of hydrogen-bond acceptors (Lipinski definition) is 3. The van der Waals surface area contributed by atoms with Crippen LogP contribution in [-0.4, -0.2) is 22.1 Å². The fourth-order valence-corrected chi connectivity index (χ4v) is 3.84. The highest BCUT2D eigenvalue weighted by Gasteiger charge is 2.25. The van der Waals surface area contributed by atoms with Crippen molar-refractivity contribution in [2.24, 2.45) is 0 Å². The summed E-state index contributed by atoms with van der Waals surface area (Å²) >= 11 is 0. The van der Waals surface area contributed by atoms with Crippen LogP contribution in [0, 0.1) is 12.7 Å². The Kier molecular flexibility index (Phi) is 5.30. The van der Waals surface area contributed by atoms with Crippen molar-refractivity contribution < 1.29 is 17.5 Å². The van der Waals surface area contributed by atoms with Crippen LogP contribution in [0.15, 0.2) is 47.4 Å². The van der Waals surface area contributed by atoms with Gasteiger partial charge in [-0.05, 0) is 48.4 Å². The van der Waals surface area contributed by atoms with Gasteiger partial charge in [0.15, 0.2) is 0 Å². The summed E-state index contributed by atoms with van der Waals surface area (Å²) in [6, 6.07) is 10.9. The Bertz CT molecular complexity index is 815. The Hall–Kier alpha value is -1.92. The maximum Gasteiger partial charge on any atom is 0.240 e. The summed E-state index contributed by atoms with van der Waals surface area (Å²) in [6.45, 7) is 5.74. The zero-order valence-corrected chi connectivity index (χ0v) is 15.1. The molecule has 0 aromatic heterocycles. The van der Waals surface area contributed by atoms with Crippen LogP contribution in [0.1, 0.15) is 25.0 Å². The second kappa shape index (κ2) is 6.91. The molecule has 0 aliphatic rings. The van der Waals surface area contributed by atoms with E-state index in [1.807, 2.05) is 13.8 Å². The Labute approximate surface area is 142 Å². The molecule has 0 saturated heterocycles. The van der Waals surface area contributed by atoms with Crippen molar-refractivity contribution >= 4 is 10.0 Å². The molecule has 0 atom stereocenters. The largest absolute Gasteiger partial charge is 0.497 e. The fraction of sp³-hybridized carbons (Fsp3) is 0.333. The van der Waals surface area contributed by atoms with Crippen LogP contribution in [0.25, 0.3) is 0 Å². The summed E-state index contributed by atoms with van der Waals surface area (Å²) in [4.78, 5) is 0.221. The number of hydrogen-bond donors (Lipinski definition) is 1. The quantitative estimate of drug-likeness (QED) is 0.868. The van der Waals surface area contributed by atoms with Gasteiger partial charge < -0.3 is 4.74 Å². The van der Waals surface area contributed by atoms with E-state index in [1.165, 1.54) is 25.3 Å². The van der Waals surface area contributed by atoms with Gasteiger partial charge in [0, 0.05) is 12.0 Å². The average molecular weight is 351 g/mol. The first kappa shape index (κ1) is 18.4. The van der Waals surface area contributed by atoms with Crippen molar-refractivity contribution in [1.82, 2.24) is 4.72 Å². The van der Waals surface area contributed by atoms with Gasteiger partial charge in [-0.1, -0.05) is 26.0 Å². The van der Waals surface area contributed by atoms with Crippen molar-refractivity contribution in [1.29, 1.82) is 0 Å². The summed E-state index contributed by atoms with van der Waals surface area (Å²) in [5.74, 6) is 0.294. The zero-order valence-electron chi connectivity index (χ0n) is 14.3. The second-order valence-corrected chi connectivity index (χ2v) is 8.08. The van der Waals surface area contributed by atoms with Gasteiger partial charge in [-0.15, -0.1) is 0 Å². The van der Waals surface area contributed by atoms with Crippen LogP contribution >= 0.6 is 0 Å². The van der Waals surface area contributed by atoms with Crippen LogP contribution in [0.5, 0.6) is 5.75 Å². The van der Waals surface area contributed by atoms with Crippen LogP contribution in [-0.2, 0) is 15.4 Å². The highest BCUT2D eigenvalue weighted by Crippen LogP contribution is 2.25. The molecule has 0 radical (unpaired) electrons. The number of benzene rings is 2. The highest BCUT2D eigenvalue weighted by atomic mass is 32.2. The molecular weight excluding hydrogens is 329 g/mol. The zero-order chi connectivity index (χ0) is 18.0. The van der Waals surface area contributed by atoms with Crippen LogP contribution in [0.4, 0.5) is 4.39 Å². The molecule has 0 heterocycles. The fourth-order valence-electron chi connectivity index (χ4n) is 2.41. The molecule has 2 aromatic rings. The minimum Gasteiger partial charge on any atom is -0.497 e. The minimum atomic E-state index is -3.64. The van der Waals surface area contributed by atoms with Crippen LogP contribution in [0.2, 0.25) is 0 Å². The third-order valence-electron chi connectivity index (χ3n) is 4.00. The second-order valence-electron chi connectivity index (χ2n) is 6.35. The lowest BCUT2D eigenvalue weighted by Crippen LogP contribution is -2.36. The standard InChI is InChI=1S/C18H22FNO3S/c1-13-11-16(23-4)9-10-17(13)24(21,22)20-12-18(2,3)14-5-7-15(19)8-6-14/h5-11,20H,12H2,1-4H3. The predicted molar refractivity (Wildman–Crippen MR) is 92.3 cm³/mol. The minimum absolute atomic E-state index is 0.201. The van der Waals surface area contributed by atoms with E-state index < -0.39 is 15.4 Å². The van der Waals surface area contributed by atoms with E-state index in [0.717, 1.165) is 5.56 Å². The number of nitrogens with one attached hydrogen (secondary N) is 1. The van der Waals surface area contributed by atoms with Crippen molar-refractivity contribution in [3.8, 4) is 5.75 Å². The molecule has 0 aliphatic carbocycles. The molecule has 2 aromatic carbocycles. The van der Waals surface area contributed by atoms with Crippen LogP contribution in [0.3, 0.4) is 0 Å². The Morgan fingerprint density at radius 1 is 1.12 bits per heavy atom. The Balaban J connectivity index is 2.19. The summed E-state index contributed by atoms with van der Waals surface area (Å²) in [6.07, 6.45) is 0. The molecule has 0 fully saturated rings. The maximum absolute atomic E-state index is 13.1. The van der Waals surface area contributed by atoms with Gasteiger partial charge in [-0.3, -0.25) is 0 Å². The Morgan fingerprint density at radius 2 is 1.75 bits per heavy atom. The van der Waals surface area contributed by atoms with Crippen molar-refractivity contribution in [3.63, 3.8) is 0 Å². The third kappa shape index (κ3) is 4.13. The van der Waals surface area contributed by atoms with Crippen molar-refractivity contribution in [2.75, 3.05) is 13.7 Å². The molecule has 0 spiro atoms. The molecule has 0 amide bonds. The van der Waals surface area contributed by atoms with E-state index in [4.69, 9.17) is 4.74 Å². The lowest BCUT2D eigenvalue weighted by Gasteiger charge is -2.26. The molecule has 0 aliphatic heterocycles. The van der Waals surface area contributed by atoms with Gasteiger partial charge in [0.05, 0.1) is 12.0 Å². The molecule has 6 heteroatoms. The molecule has 0 saturated carbocycles. The molecule has 1 N–H and O–H groups in total. The Morgan fingerprint density at radius 3 is 2.29 bits per heavy atom. The van der Waals surface area contributed by atoms with Gasteiger partial charge in [0.2, 0.25) is 10.0 Å². The van der Waals surface area contributed by atoms with E-state index in [9.17, 15) is 12.8 Å². The average Bonchev–Trinajstić information content (AvgIpc) is 2.53. The molecule has 4 nitrogen and oxygen atoms in total. The number of sulfonamides is 1. The first-order chi connectivity index (χ1) is 11.2. The number of methoxy groups -OCH3 is 1. The van der Waals surface area contributed by atoms with Gasteiger partial charge >= 0.3 is 0 Å². The van der Waals surface area contributed by atoms with E-state index in [1.54, 1.807) is 31.2 Å². The molecular formula is C18H22FNO3S. The smallest absolute Gasteiger partial charge is 0.240 e. The number of rotatable bonds is 6. The molecule has 0 bridgehead atoms. The van der Waals surface area contributed by atoms with Gasteiger partial charge in [-0.25, -0.2) is 17.5 Å². The SMILES string of the molecule is COc1ccc(S(=O)(=O)NCC(C)(C)c2ccc(F)cc2)c(C)c1. The monoisotopic (exact) mass is 351 g/mol. The van der Waals surface area contributed by atoms with E-state index in [-0.39, 0.29) is 17.3 Å². The van der Waals surface area contributed by atoms with Gasteiger partial charge in [0.1, 0.15) is 11.6 Å². The van der Waals surface area contributed by atoms with Gasteiger partial charge in [-0.2, -0.15) is 0 Å². The van der Waals surface area contributed by atoms with Crippen molar-refractivity contribution in [3.05, 3.63) is 59.4 Å². The number of halogens is 1. The predicted octanol–water partition coefficient (Wildman–Crippen LogP) is 3.40. The molecule has 2 rings (SSSR count). The topological polar surface area (TPSA) is 55.4 Å². The summed E-state index contributed by atoms with van der Waals surface area (Å²) in [5, 5.41) is 0. The third-order valence-corrected chi connectivity index (χ3v) is 5.56. The number of ether oxygens (including phenoxy) is 1. The van der Waals surface area contributed by atoms with E-state index in [2.05, 4.69) is 4.72 Å². The molecule has 0 unspecified atom stereocenters. The van der Waals surface area contributed by atoms with Crippen molar-refractivity contribution in [2.45, 2.75) is 31.1 Å². The van der Waals surface area contributed by atoms with E-state index >= 15 is 0 Å². The first-order valence-corrected chi connectivity index (χ1v) is 9.04. The molecule has 24 heavy (non-hydrogen) atoms. The molecule has 130 valence electrons.